The maximum atomic E-state index is 12.8. The normalized spacial score (nSPS) is 13.5. The van der Waals surface area contributed by atoms with Crippen molar-refractivity contribution in [3.8, 4) is 11.5 Å². The molecule has 4 rings (SSSR count). The van der Waals surface area contributed by atoms with Crippen LogP contribution in [0.5, 0.6) is 0 Å². The highest BCUT2D eigenvalue weighted by atomic mass is 16.6. The van der Waals surface area contributed by atoms with Crippen molar-refractivity contribution in [2.75, 3.05) is 20.3 Å². The number of fused-ring (bicyclic) bond motifs is 1. The molecule has 0 fully saturated rings. The Balaban J connectivity index is 1.61. The third kappa shape index (κ3) is 3.63. The number of ether oxygens (including phenoxy) is 1. The Morgan fingerprint density at radius 2 is 2.28 bits per heavy atom. The van der Waals surface area contributed by atoms with E-state index >= 15 is 0 Å². The number of rotatable bonds is 7. The maximum absolute atomic E-state index is 12.8. The van der Waals surface area contributed by atoms with Crippen molar-refractivity contribution in [2.24, 2.45) is 0 Å². The van der Waals surface area contributed by atoms with E-state index in [1.807, 2.05) is 4.68 Å². The lowest BCUT2D eigenvalue weighted by Crippen LogP contribution is -2.36. The van der Waals surface area contributed by atoms with Crippen LogP contribution in [0.2, 0.25) is 0 Å². The van der Waals surface area contributed by atoms with Crippen LogP contribution in [0.25, 0.3) is 11.5 Å². The second-order valence-electron chi connectivity index (χ2n) is 6.58. The van der Waals surface area contributed by atoms with Gasteiger partial charge in [0.1, 0.15) is 10.6 Å². The molecule has 3 aromatic heterocycles. The van der Waals surface area contributed by atoms with Crippen molar-refractivity contribution in [1.82, 2.24) is 19.7 Å². The van der Waals surface area contributed by atoms with Crippen molar-refractivity contribution >= 4 is 11.8 Å². The second-order valence-corrected chi connectivity index (χ2v) is 6.58. The minimum Gasteiger partial charge on any atom is -0.442 e. The van der Waals surface area contributed by atoms with Gasteiger partial charge in [0.05, 0.1) is 18.8 Å². The minimum atomic E-state index is -0.669. The molecule has 0 aliphatic carbocycles. The highest BCUT2D eigenvalue weighted by molar-refractivity contribution is 5.92. The first-order chi connectivity index (χ1) is 14.1. The van der Waals surface area contributed by atoms with E-state index in [0.717, 1.165) is 17.7 Å². The van der Waals surface area contributed by atoms with Crippen LogP contribution in [0, 0.1) is 10.1 Å². The first-order valence-corrected chi connectivity index (χ1v) is 9.08. The van der Waals surface area contributed by atoms with Gasteiger partial charge in [0.25, 0.3) is 5.91 Å². The molecule has 0 radical (unpaired) electrons. The van der Waals surface area contributed by atoms with Crippen molar-refractivity contribution in [3.63, 3.8) is 0 Å². The first kappa shape index (κ1) is 18.9. The fourth-order valence-electron chi connectivity index (χ4n) is 3.44. The van der Waals surface area contributed by atoms with Crippen molar-refractivity contribution in [3.05, 3.63) is 51.9 Å². The van der Waals surface area contributed by atoms with E-state index in [4.69, 9.17) is 13.6 Å². The number of furan rings is 1. The number of aromatic nitrogens is 3. The molecular weight excluding hydrogens is 382 g/mol. The maximum Gasteiger partial charge on any atom is 0.433 e. The van der Waals surface area contributed by atoms with Crippen molar-refractivity contribution in [1.29, 1.82) is 0 Å². The lowest BCUT2D eigenvalue weighted by atomic mass is 10.0. The highest BCUT2D eigenvalue weighted by Crippen LogP contribution is 2.31. The summed E-state index contributed by atoms with van der Waals surface area (Å²) in [6.45, 7) is 2.05. The van der Waals surface area contributed by atoms with Gasteiger partial charge in [-0.2, -0.15) is 5.10 Å². The number of hydrogen-bond donors (Lipinski definition) is 0. The zero-order valence-electron chi connectivity index (χ0n) is 15.7. The van der Waals surface area contributed by atoms with E-state index in [0.29, 0.717) is 44.1 Å². The number of nitro groups is 1. The lowest BCUT2D eigenvalue weighted by molar-refractivity contribution is -0.402. The number of oxazole rings is 1. The third-order valence-electron chi connectivity index (χ3n) is 4.79. The largest absolute Gasteiger partial charge is 0.442 e. The molecule has 0 bridgehead atoms. The molecule has 0 aromatic carbocycles. The fraction of sp³-hybridized carbons (Fsp3) is 0.389. The predicted octanol–water partition coefficient (Wildman–Crippen LogP) is 2.27. The van der Waals surface area contributed by atoms with Gasteiger partial charge in [-0.25, -0.2) is 4.98 Å². The van der Waals surface area contributed by atoms with E-state index < -0.39 is 16.7 Å². The zero-order chi connectivity index (χ0) is 20.4. The molecule has 3 aromatic rings. The van der Waals surface area contributed by atoms with E-state index in [2.05, 4.69) is 10.1 Å². The van der Waals surface area contributed by atoms with Gasteiger partial charge < -0.3 is 18.5 Å². The van der Waals surface area contributed by atoms with Gasteiger partial charge in [0.2, 0.25) is 0 Å². The molecule has 1 aliphatic heterocycles. The summed E-state index contributed by atoms with van der Waals surface area (Å²) >= 11 is 0. The van der Waals surface area contributed by atoms with Gasteiger partial charge in [-0.15, -0.1) is 0 Å². The summed E-state index contributed by atoms with van der Waals surface area (Å²) in [5.41, 5.74) is 2.54. The van der Waals surface area contributed by atoms with Crippen LogP contribution in [0.3, 0.4) is 0 Å². The summed E-state index contributed by atoms with van der Waals surface area (Å²) in [5.74, 6) is -0.401. The van der Waals surface area contributed by atoms with E-state index in [1.165, 1.54) is 18.5 Å². The van der Waals surface area contributed by atoms with Crippen LogP contribution in [-0.4, -0.2) is 50.8 Å². The molecule has 0 spiro atoms. The quantitative estimate of drug-likeness (QED) is 0.335. The Morgan fingerprint density at radius 1 is 1.41 bits per heavy atom. The summed E-state index contributed by atoms with van der Waals surface area (Å²) < 4.78 is 17.5. The molecule has 0 saturated heterocycles. The topological polar surface area (TPSA) is 130 Å². The molecule has 0 saturated carbocycles. The van der Waals surface area contributed by atoms with Crippen LogP contribution in [0.1, 0.15) is 28.2 Å². The Labute approximate surface area is 165 Å². The average Bonchev–Trinajstić information content (AvgIpc) is 3.47. The van der Waals surface area contributed by atoms with Gasteiger partial charge in [-0.1, -0.05) is 0 Å². The number of carbonyl (C=O) groups is 1. The van der Waals surface area contributed by atoms with Gasteiger partial charge in [0, 0.05) is 44.5 Å². The Hall–Kier alpha value is -3.47. The van der Waals surface area contributed by atoms with E-state index in [1.54, 1.807) is 18.2 Å². The zero-order valence-corrected chi connectivity index (χ0v) is 15.7. The third-order valence-corrected chi connectivity index (χ3v) is 4.79. The molecule has 0 N–H and O–H groups in total. The van der Waals surface area contributed by atoms with Crippen LogP contribution in [-0.2, 0) is 24.2 Å². The van der Waals surface area contributed by atoms with Crippen LogP contribution < -0.4 is 0 Å². The predicted molar refractivity (Wildman–Crippen MR) is 98.0 cm³/mol. The van der Waals surface area contributed by atoms with Gasteiger partial charge in [0.15, 0.2) is 17.9 Å². The monoisotopic (exact) mass is 401 g/mol. The number of hydrogen-bond acceptors (Lipinski definition) is 8. The SMILES string of the molecule is COCCCn1nc(-c2cnco2)c2c1CCN(C(=O)c1ccc([N+](=O)[O-])o1)C2. The van der Waals surface area contributed by atoms with Gasteiger partial charge in [-0.05, 0) is 12.5 Å². The standard InChI is InChI=1S/C18H19N5O6/c1-27-8-2-6-22-13-5-7-21(18(24)14-3-4-16(29-14)23(25)26)10-12(13)17(20-22)15-9-19-11-28-15/h3-4,9,11H,2,5-8,10H2,1H3. The number of carbonyl (C=O) groups excluding carboxylic acids is 1. The van der Waals surface area contributed by atoms with Gasteiger partial charge in [-0.3, -0.25) is 19.6 Å². The first-order valence-electron chi connectivity index (χ1n) is 9.08. The van der Waals surface area contributed by atoms with E-state index in [9.17, 15) is 14.9 Å². The molecular formula is C18H19N5O6. The smallest absolute Gasteiger partial charge is 0.433 e. The van der Waals surface area contributed by atoms with Crippen molar-refractivity contribution < 1.29 is 23.3 Å². The number of methoxy groups -OCH3 is 1. The molecule has 11 heteroatoms. The molecule has 1 aliphatic rings. The molecule has 11 nitrogen and oxygen atoms in total. The van der Waals surface area contributed by atoms with Crippen LogP contribution in [0.15, 0.2) is 33.6 Å². The second kappa shape index (κ2) is 7.87. The summed E-state index contributed by atoms with van der Waals surface area (Å²) in [5, 5.41) is 15.5. The van der Waals surface area contributed by atoms with Crippen LogP contribution >= 0.6 is 0 Å². The Morgan fingerprint density at radius 3 is 2.97 bits per heavy atom. The fourth-order valence-corrected chi connectivity index (χ4v) is 3.44. The van der Waals surface area contributed by atoms with Gasteiger partial charge >= 0.3 is 5.88 Å². The van der Waals surface area contributed by atoms with Crippen molar-refractivity contribution in [2.45, 2.75) is 25.9 Å². The Kier molecular flexibility index (Phi) is 5.12. The van der Waals surface area contributed by atoms with Crippen LogP contribution in [0.4, 0.5) is 5.88 Å². The average molecular weight is 401 g/mol. The molecule has 0 unspecified atom stereocenters. The molecule has 1 amide bonds. The summed E-state index contributed by atoms with van der Waals surface area (Å²) in [6.07, 6.45) is 4.31. The lowest BCUT2D eigenvalue weighted by Gasteiger charge is -2.27. The molecule has 0 atom stereocenters. The number of aryl methyl sites for hydroxylation is 1. The Bertz CT molecular complexity index is 1020. The summed E-state index contributed by atoms with van der Waals surface area (Å²) in [6, 6.07) is 2.50. The highest BCUT2D eigenvalue weighted by Gasteiger charge is 2.31. The summed E-state index contributed by atoms with van der Waals surface area (Å²) in [7, 11) is 1.65. The van der Waals surface area contributed by atoms with E-state index in [-0.39, 0.29) is 5.76 Å². The molecule has 152 valence electrons. The number of nitrogens with zero attached hydrogens (tertiary/aromatic N) is 5. The molecule has 29 heavy (non-hydrogen) atoms. The molecule has 4 heterocycles. The minimum absolute atomic E-state index is 0.0612. The number of amides is 1. The summed E-state index contributed by atoms with van der Waals surface area (Å²) in [4.78, 5) is 28.5.